The van der Waals surface area contributed by atoms with Crippen molar-refractivity contribution in [2.24, 2.45) is 0 Å². The van der Waals surface area contributed by atoms with Gasteiger partial charge in [-0.1, -0.05) is 17.7 Å². The fourth-order valence-corrected chi connectivity index (χ4v) is 1.66. The van der Waals surface area contributed by atoms with E-state index in [2.05, 4.69) is 11.7 Å². The molecule has 0 aliphatic heterocycles. The monoisotopic (exact) mass is 281 g/mol. The Kier molecular flexibility index (Phi) is 3.48. The molecule has 2 rings (SSSR count). The first-order valence-corrected chi connectivity index (χ1v) is 5.55. The summed E-state index contributed by atoms with van der Waals surface area (Å²) in [6.07, 6.45) is 1.76. The molecule has 1 aromatic heterocycles. The summed E-state index contributed by atoms with van der Waals surface area (Å²) in [4.78, 5) is 21.9. The highest BCUT2D eigenvalue weighted by Crippen LogP contribution is 2.25. The summed E-state index contributed by atoms with van der Waals surface area (Å²) in [5, 5.41) is 15.0. The van der Waals surface area contributed by atoms with Gasteiger partial charge in [0, 0.05) is 17.5 Å². The Morgan fingerprint density at radius 3 is 2.95 bits per heavy atom. The summed E-state index contributed by atoms with van der Waals surface area (Å²) in [7, 11) is 0. The summed E-state index contributed by atoms with van der Waals surface area (Å²) in [6.45, 7) is 3.49. The van der Waals surface area contributed by atoms with Crippen molar-refractivity contribution < 1.29 is 9.34 Å². The van der Waals surface area contributed by atoms with Crippen molar-refractivity contribution >= 4 is 17.3 Å². The molecule has 0 saturated carbocycles. The van der Waals surface area contributed by atoms with E-state index in [4.69, 9.17) is 16.0 Å². The van der Waals surface area contributed by atoms with Gasteiger partial charge in [-0.25, -0.2) is 4.79 Å². The van der Waals surface area contributed by atoms with Gasteiger partial charge in [0.05, 0.1) is 4.92 Å². The van der Waals surface area contributed by atoms with Crippen molar-refractivity contribution in [3.05, 3.63) is 62.4 Å². The van der Waals surface area contributed by atoms with Gasteiger partial charge in [-0.05, 0) is 12.1 Å². The number of halogens is 1. The van der Waals surface area contributed by atoms with E-state index in [-0.39, 0.29) is 28.7 Å². The maximum Gasteiger partial charge on any atom is 0.442 e. The lowest BCUT2D eigenvalue weighted by molar-refractivity contribution is -0.384. The van der Waals surface area contributed by atoms with E-state index in [1.54, 1.807) is 0 Å². The van der Waals surface area contributed by atoms with Crippen LogP contribution in [0.3, 0.4) is 0 Å². The molecule has 0 aliphatic rings. The first-order chi connectivity index (χ1) is 9.02. The number of aromatic nitrogens is 2. The van der Waals surface area contributed by atoms with Gasteiger partial charge in [0.25, 0.3) is 5.69 Å². The second kappa shape index (κ2) is 5.07. The molecule has 0 atom stereocenters. The molecule has 0 radical (unpaired) electrons. The molecule has 0 saturated heterocycles. The van der Waals surface area contributed by atoms with Gasteiger partial charge >= 0.3 is 5.76 Å². The Hall–Kier alpha value is -2.41. The Labute approximate surface area is 111 Å². The van der Waals surface area contributed by atoms with Crippen LogP contribution >= 0.6 is 11.6 Å². The number of hydrogen-bond acceptors (Lipinski definition) is 5. The van der Waals surface area contributed by atoms with Crippen LogP contribution in [-0.4, -0.2) is 14.7 Å². The molecule has 0 N–H and O–H groups in total. The topological polar surface area (TPSA) is 91.2 Å². The number of nitro groups is 1. The van der Waals surface area contributed by atoms with Crippen molar-refractivity contribution in [3.63, 3.8) is 0 Å². The quantitative estimate of drug-likeness (QED) is 0.486. The average Bonchev–Trinajstić information content (AvgIpc) is 2.70. The highest BCUT2D eigenvalue weighted by atomic mass is 35.5. The van der Waals surface area contributed by atoms with E-state index in [0.29, 0.717) is 0 Å². The zero-order valence-corrected chi connectivity index (χ0v) is 10.3. The second-order valence-corrected chi connectivity index (χ2v) is 3.99. The van der Waals surface area contributed by atoms with Crippen LogP contribution in [0.1, 0.15) is 5.89 Å². The molecule has 1 heterocycles. The van der Waals surface area contributed by atoms with Gasteiger partial charge in [-0.2, -0.15) is 4.68 Å². The molecular formula is C11H8ClN3O4. The van der Waals surface area contributed by atoms with Crippen LogP contribution in [0, 0.1) is 10.1 Å². The van der Waals surface area contributed by atoms with Crippen LogP contribution in [0.25, 0.3) is 5.69 Å². The summed E-state index contributed by atoms with van der Waals surface area (Å²) in [5.74, 6) is -0.675. The largest absolute Gasteiger partial charge is 0.442 e. The summed E-state index contributed by atoms with van der Waals surface area (Å²) in [6, 6.07) is 3.91. The van der Waals surface area contributed by atoms with E-state index in [1.165, 1.54) is 18.2 Å². The number of nitro benzene ring substituents is 1. The van der Waals surface area contributed by atoms with Crippen molar-refractivity contribution in [3.8, 4) is 5.69 Å². The fraction of sp³-hybridized carbons (Fsp3) is 0.0909. The predicted octanol–water partition coefficient (Wildman–Crippen LogP) is 2.12. The van der Waals surface area contributed by atoms with E-state index in [9.17, 15) is 14.9 Å². The highest BCUT2D eigenvalue weighted by Gasteiger charge is 2.20. The minimum Gasteiger partial charge on any atom is -0.392 e. The van der Waals surface area contributed by atoms with Gasteiger partial charge in [-0.15, -0.1) is 11.7 Å². The molecule has 2 aromatic rings. The first kappa shape index (κ1) is 13.0. The van der Waals surface area contributed by atoms with E-state index < -0.39 is 10.7 Å². The van der Waals surface area contributed by atoms with Crippen molar-refractivity contribution in [1.29, 1.82) is 0 Å². The van der Waals surface area contributed by atoms with E-state index in [0.717, 1.165) is 10.7 Å². The van der Waals surface area contributed by atoms with Gasteiger partial charge in [0.2, 0.25) is 5.89 Å². The Balaban J connectivity index is 2.61. The zero-order chi connectivity index (χ0) is 14.0. The molecule has 1 aromatic carbocycles. The molecular weight excluding hydrogens is 274 g/mol. The van der Waals surface area contributed by atoms with Crippen molar-refractivity contribution in [2.75, 3.05) is 0 Å². The maximum atomic E-state index is 11.6. The molecule has 0 unspecified atom stereocenters. The molecule has 0 amide bonds. The lowest BCUT2D eigenvalue weighted by Gasteiger charge is -2.00. The molecule has 7 nitrogen and oxygen atoms in total. The summed E-state index contributed by atoms with van der Waals surface area (Å²) >= 11 is 5.69. The number of rotatable bonds is 4. The average molecular weight is 282 g/mol. The van der Waals surface area contributed by atoms with Crippen molar-refractivity contribution in [2.45, 2.75) is 6.42 Å². The molecule has 8 heteroatoms. The Bertz CT molecular complexity index is 704. The predicted molar refractivity (Wildman–Crippen MR) is 67.7 cm³/mol. The number of nitrogens with zero attached hydrogens (tertiary/aromatic N) is 3. The van der Waals surface area contributed by atoms with Crippen LogP contribution < -0.4 is 5.76 Å². The lowest BCUT2D eigenvalue weighted by atomic mass is 10.3. The SMILES string of the molecule is C=CCc1nn(-c2ccc(Cl)cc2[N+](=O)[O-])c(=O)o1. The Morgan fingerprint density at radius 2 is 2.32 bits per heavy atom. The maximum absolute atomic E-state index is 11.6. The number of allylic oxidation sites excluding steroid dienone is 1. The number of benzene rings is 1. The number of hydrogen-bond donors (Lipinski definition) is 0. The van der Waals surface area contributed by atoms with Crippen LogP contribution in [0.4, 0.5) is 5.69 Å². The van der Waals surface area contributed by atoms with Gasteiger partial charge in [0.15, 0.2) is 0 Å². The minimum absolute atomic E-state index is 0.00142. The van der Waals surface area contributed by atoms with Crippen LogP contribution in [0.2, 0.25) is 5.02 Å². The van der Waals surface area contributed by atoms with Crippen molar-refractivity contribution in [1.82, 2.24) is 9.78 Å². The highest BCUT2D eigenvalue weighted by molar-refractivity contribution is 6.30. The first-order valence-electron chi connectivity index (χ1n) is 5.17. The zero-order valence-electron chi connectivity index (χ0n) is 9.58. The second-order valence-electron chi connectivity index (χ2n) is 3.56. The van der Waals surface area contributed by atoms with Crippen LogP contribution in [0.15, 0.2) is 40.1 Å². The normalized spacial score (nSPS) is 10.4. The third kappa shape index (κ3) is 2.55. The van der Waals surface area contributed by atoms with E-state index in [1.807, 2.05) is 0 Å². The van der Waals surface area contributed by atoms with Crippen LogP contribution in [-0.2, 0) is 6.42 Å². The lowest BCUT2D eigenvalue weighted by Crippen LogP contribution is -2.15. The molecule has 0 fully saturated rings. The molecule has 0 aliphatic carbocycles. The third-order valence-electron chi connectivity index (χ3n) is 2.27. The molecule has 0 bridgehead atoms. The van der Waals surface area contributed by atoms with Gasteiger partial charge < -0.3 is 4.42 Å². The summed E-state index contributed by atoms with van der Waals surface area (Å²) in [5.41, 5.74) is -0.327. The molecule has 19 heavy (non-hydrogen) atoms. The minimum atomic E-state index is -0.803. The molecule has 0 spiro atoms. The van der Waals surface area contributed by atoms with Crippen LogP contribution in [0.5, 0.6) is 0 Å². The third-order valence-corrected chi connectivity index (χ3v) is 2.51. The standard InChI is InChI=1S/C11H8ClN3O4/c1-2-3-10-13-14(11(16)19-10)8-5-4-7(12)6-9(8)15(17)18/h2,4-6H,1,3H2. The fourth-order valence-electron chi connectivity index (χ4n) is 1.50. The Morgan fingerprint density at radius 1 is 1.58 bits per heavy atom. The van der Waals surface area contributed by atoms with Gasteiger partial charge in [0.1, 0.15) is 5.69 Å². The smallest absolute Gasteiger partial charge is 0.392 e. The summed E-state index contributed by atoms with van der Waals surface area (Å²) < 4.78 is 5.67. The van der Waals surface area contributed by atoms with Gasteiger partial charge in [-0.3, -0.25) is 10.1 Å². The molecule has 98 valence electrons. The van der Waals surface area contributed by atoms with E-state index >= 15 is 0 Å².